The topological polar surface area (TPSA) is 48.3 Å². The minimum absolute atomic E-state index is 0.334. The monoisotopic (exact) mass is 295 g/mol. The predicted molar refractivity (Wildman–Crippen MR) is 87.2 cm³/mol. The van der Waals surface area contributed by atoms with Crippen LogP contribution in [0.4, 0.5) is 0 Å². The molecule has 21 heavy (non-hydrogen) atoms. The highest BCUT2D eigenvalue weighted by Crippen LogP contribution is 2.21. The zero-order valence-electron chi connectivity index (χ0n) is 14.3. The second-order valence-corrected chi connectivity index (χ2v) is 6.42. The van der Waals surface area contributed by atoms with Gasteiger partial charge >= 0.3 is 0 Å². The standard InChI is InChI=1S/C17H33N3O/c1-5-10-19-17(6-2,14-18)9-7-11-20-12-8-15(3)16(13-20)21-4/h15-16,19H,5-13H2,1-4H3. The maximum Gasteiger partial charge on any atom is 0.106 e. The van der Waals surface area contributed by atoms with Crippen LogP contribution >= 0.6 is 0 Å². The molecule has 0 radical (unpaired) electrons. The van der Waals surface area contributed by atoms with Crippen LogP contribution in [0, 0.1) is 17.2 Å². The van der Waals surface area contributed by atoms with Gasteiger partial charge in [-0.25, -0.2) is 0 Å². The molecule has 1 fully saturated rings. The summed E-state index contributed by atoms with van der Waals surface area (Å²) >= 11 is 0. The van der Waals surface area contributed by atoms with Crippen molar-refractivity contribution >= 4 is 0 Å². The fraction of sp³-hybridized carbons (Fsp3) is 0.941. The highest BCUT2D eigenvalue weighted by atomic mass is 16.5. The van der Waals surface area contributed by atoms with Crippen molar-refractivity contribution in [3.8, 4) is 6.07 Å². The average molecular weight is 295 g/mol. The summed E-state index contributed by atoms with van der Waals surface area (Å²) in [4.78, 5) is 2.49. The molecule has 0 aromatic rings. The first kappa shape index (κ1) is 18.4. The van der Waals surface area contributed by atoms with Crippen molar-refractivity contribution in [3.05, 3.63) is 0 Å². The highest BCUT2D eigenvalue weighted by Gasteiger charge is 2.28. The number of piperidine rings is 1. The number of likely N-dealkylation sites (tertiary alicyclic amines) is 1. The van der Waals surface area contributed by atoms with Crippen LogP contribution in [0.2, 0.25) is 0 Å². The Hall–Kier alpha value is -0.630. The zero-order chi connectivity index (χ0) is 15.7. The molecule has 1 aliphatic rings. The Labute approximate surface area is 130 Å². The van der Waals surface area contributed by atoms with Gasteiger partial charge in [-0.1, -0.05) is 20.8 Å². The molecule has 3 atom stereocenters. The molecule has 0 aliphatic carbocycles. The predicted octanol–water partition coefficient (Wildman–Crippen LogP) is 2.80. The van der Waals surface area contributed by atoms with E-state index < -0.39 is 0 Å². The molecule has 1 rings (SSSR count). The van der Waals surface area contributed by atoms with E-state index in [-0.39, 0.29) is 5.54 Å². The third-order valence-corrected chi connectivity index (χ3v) is 4.89. The van der Waals surface area contributed by atoms with Gasteiger partial charge in [-0.15, -0.1) is 0 Å². The zero-order valence-corrected chi connectivity index (χ0v) is 14.3. The lowest BCUT2D eigenvalue weighted by molar-refractivity contribution is -0.00558. The SMILES string of the molecule is CCCNC(C#N)(CC)CCCN1CCC(C)C(OC)C1. The molecule has 0 spiro atoms. The van der Waals surface area contributed by atoms with Crippen molar-refractivity contribution in [2.24, 2.45) is 5.92 Å². The van der Waals surface area contributed by atoms with E-state index in [1.807, 2.05) is 7.11 Å². The van der Waals surface area contributed by atoms with E-state index in [9.17, 15) is 5.26 Å². The number of nitriles is 1. The quantitative estimate of drug-likeness (QED) is 0.710. The highest BCUT2D eigenvalue weighted by molar-refractivity contribution is 5.06. The fourth-order valence-corrected chi connectivity index (χ4v) is 3.14. The van der Waals surface area contributed by atoms with Gasteiger partial charge in [0.05, 0.1) is 12.2 Å². The van der Waals surface area contributed by atoms with Crippen LogP contribution in [0.15, 0.2) is 0 Å². The molecule has 0 amide bonds. The number of nitrogens with one attached hydrogen (secondary N) is 1. The van der Waals surface area contributed by atoms with Gasteiger partial charge in [-0.05, 0) is 57.7 Å². The molecule has 1 N–H and O–H groups in total. The van der Waals surface area contributed by atoms with Gasteiger partial charge in [0.15, 0.2) is 0 Å². The summed E-state index contributed by atoms with van der Waals surface area (Å²) < 4.78 is 5.57. The molecular weight excluding hydrogens is 262 g/mol. The molecule has 4 heteroatoms. The summed E-state index contributed by atoms with van der Waals surface area (Å²) in [6.45, 7) is 10.7. The lowest BCUT2D eigenvalue weighted by Gasteiger charge is -2.36. The first-order chi connectivity index (χ1) is 10.1. The van der Waals surface area contributed by atoms with Gasteiger partial charge in [0.25, 0.3) is 0 Å². The van der Waals surface area contributed by atoms with E-state index in [2.05, 4.69) is 37.1 Å². The molecule has 1 saturated heterocycles. The normalized spacial score (nSPS) is 26.2. The summed E-state index contributed by atoms with van der Waals surface area (Å²) in [6, 6.07) is 2.51. The molecule has 122 valence electrons. The Morgan fingerprint density at radius 2 is 2.19 bits per heavy atom. The molecular formula is C17H33N3O. The summed E-state index contributed by atoms with van der Waals surface area (Å²) in [5.41, 5.74) is -0.334. The van der Waals surface area contributed by atoms with Gasteiger partial charge in [-0.2, -0.15) is 5.26 Å². The van der Waals surface area contributed by atoms with E-state index in [0.717, 1.165) is 51.9 Å². The Bertz CT molecular complexity index is 328. The maximum atomic E-state index is 9.51. The van der Waals surface area contributed by atoms with Crippen molar-refractivity contribution in [2.45, 2.75) is 64.5 Å². The van der Waals surface area contributed by atoms with Crippen LogP contribution in [-0.4, -0.2) is 49.8 Å². The number of nitrogens with zero attached hydrogens (tertiary/aromatic N) is 2. The van der Waals surface area contributed by atoms with Crippen molar-refractivity contribution in [2.75, 3.05) is 33.3 Å². The molecule has 1 heterocycles. The average Bonchev–Trinajstić information content (AvgIpc) is 2.52. The molecule has 3 unspecified atom stereocenters. The Balaban J connectivity index is 2.38. The summed E-state index contributed by atoms with van der Waals surface area (Å²) in [5, 5.41) is 13.0. The van der Waals surface area contributed by atoms with Crippen molar-refractivity contribution in [3.63, 3.8) is 0 Å². The lowest BCUT2D eigenvalue weighted by Crippen LogP contribution is -2.46. The largest absolute Gasteiger partial charge is 0.380 e. The van der Waals surface area contributed by atoms with E-state index >= 15 is 0 Å². The van der Waals surface area contributed by atoms with Gasteiger partial charge in [0, 0.05) is 13.7 Å². The molecule has 0 saturated carbocycles. The first-order valence-corrected chi connectivity index (χ1v) is 8.52. The van der Waals surface area contributed by atoms with Crippen LogP contribution in [0.5, 0.6) is 0 Å². The molecule has 0 aromatic heterocycles. The third-order valence-electron chi connectivity index (χ3n) is 4.89. The van der Waals surface area contributed by atoms with E-state index in [4.69, 9.17) is 4.74 Å². The Morgan fingerprint density at radius 3 is 2.76 bits per heavy atom. The number of ether oxygens (including phenoxy) is 1. The summed E-state index contributed by atoms with van der Waals surface area (Å²) in [7, 11) is 1.82. The van der Waals surface area contributed by atoms with Crippen LogP contribution in [-0.2, 0) is 4.74 Å². The van der Waals surface area contributed by atoms with Crippen LogP contribution < -0.4 is 5.32 Å². The third kappa shape index (κ3) is 5.58. The van der Waals surface area contributed by atoms with E-state index in [1.165, 1.54) is 6.42 Å². The Morgan fingerprint density at radius 1 is 1.43 bits per heavy atom. The van der Waals surface area contributed by atoms with Gasteiger partial charge < -0.3 is 9.64 Å². The van der Waals surface area contributed by atoms with Crippen LogP contribution in [0.1, 0.15) is 52.9 Å². The summed E-state index contributed by atoms with van der Waals surface area (Å²) in [5.74, 6) is 0.659. The molecule has 1 aliphatic heterocycles. The van der Waals surface area contributed by atoms with Crippen molar-refractivity contribution in [1.82, 2.24) is 10.2 Å². The van der Waals surface area contributed by atoms with Crippen molar-refractivity contribution in [1.29, 1.82) is 5.26 Å². The number of hydrogen-bond acceptors (Lipinski definition) is 4. The van der Waals surface area contributed by atoms with Gasteiger partial charge in [-0.3, -0.25) is 5.32 Å². The fourth-order valence-electron chi connectivity index (χ4n) is 3.14. The summed E-state index contributed by atoms with van der Waals surface area (Å²) in [6.07, 6.45) is 5.53. The van der Waals surface area contributed by atoms with Crippen LogP contribution in [0.3, 0.4) is 0 Å². The number of rotatable bonds is 9. The van der Waals surface area contributed by atoms with Crippen molar-refractivity contribution < 1.29 is 4.74 Å². The number of hydrogen-bond donors (Lipinski definition) is 1. The second-order valence-electron chi connectivity index (χ2n) is 6.42. The second kappa shape index (κ2) is 9.40. The smallest absolute Gasteiger partial charge is 0.106 e. The Kier molecular flexibility index (Phi) is 8.24. The van der Waals surface area contributed by atoms with E-state index in [1.54, 1.807) is 0 Å². The molecule has 0 aromatic carbocycles. The minimum Gasteiger partial charge on any atom is -0.380 e. The van der Waals surface area contributed by atoms with Crippen LogP contribution in [0.25, 0.3) is 0 Å². The van der Waals surface area contributed by atoms with Gasteiger partial charge in [0.1, 0.15) is 5.54 Å². The van der Waals surface area contributed by atoms with Gasteiger partial charge in [0.2, 0.25) is 0 Å². The maximum absolute atomic E-state index is 9.51. The minimum atomic E-state index is -0.334. The first-order valence-electron chi connectivity index (χ1n) is 8.52. The number of methoxy groups -OCH3 is 1. The molecule has 0 bridgehead atoms. The lowest BCUT2D eigenvalue weighted by atomic mass is 9.91. The molecule has 4 nitrogen and oxygen atoms in total. The van der Waals surface area contributed by atoms with E-state index in [0.29, 0.717) is 12.0 Å².